The van der Waals surface area contributed by atoms with Crippen molar-refractivity contribution in [3.8, 4) is 5.69 Å². The normalized spacial score (nSPS) is 18.9. The Hall–Kier alpha value is -2.24. The fourth-order valence-electron chi connectivity index (χ4n) is 3.46. The third-order valence-corrected chi connectivity index (χ3v) is 6.34. The smallest absolute Gasteiger partial charge is 0.310 e. The molecule has 0 saturated heterocycles. The molecule has 4 rings (SSSR count). The van der Waals surface area contributed by atoms with E-state index in [4.69, 9.17) is 0 Å². The molecule has 1 unspecified atom stereocenters. The Bertz CT molecular complexity index is 1080. The van der Waals surface area contributed by atoms with Gasteiger partial charge >= 0.3 is 10.2 Å². The summed E-state index contributed by atoms with van der Waals surface area (Å²) in [5.41, 5.74) is 1.44. The maximum atomic E-state index is 13.0. The summed E-state index contributed by atoms with van der Waals surface area (Å²) in [5, 5.41) is 24.5. The van der Waals surface area contributed by atoms with E-state index in [0.717, 1.165) is 31.4 Å². The van der Waals surface area contributed by atoms with Gasteiger partial charge in [0.1, 0.15) is 11.0 Å². The standard InChI is InChI=1S/C18H18F5N3O2S/c19-29(20,21,22,23)13-6-4-12(5-7-13)26-18-16(17(25-26)11-2-1-3-11)14(8-9-24-18)15(28)10-27/h4-9,11,15,27-28H,1-3,10H2. The summed E-state index contributed by atoms with van der Waals surface area (Å²) in [4.78, 5) is 2.26. The molecule has 0 amide bonds. The number of rotatable bonds is 5. The van der Waals surface area contributed by atoms with Crippen LogP contribution in [0.15, 0.2) is 41.4 Å². The Morgan fingerprint density at radius 2 is 1.72 bits per heavy atom. The van der Waals surface area contributed by atoms with Gasteiger partial charge in [-0.25, -0.2) is 9.67 Å². The molecule has 1 aromatic carbocycles. The lowest BCUT2D eigenvalue weighted by Gasteiger charge is -2.40. The summed E-state index contributed by atoms with van der Waals surface area (Å²) in [6, 6.07) is 4.05. The van der Waals surface area contributed by atoms with Crippen LogP contribution in [-0.4, -0.2) is 31.6 Å². The average molecular weight is 435 g/mol. The third-order valence-electron chi connectivity index (χ3n) is 5.18. The molecule has 1 atom stereocenters. The molecule has 11 heteroatoms. The predicted molar refractivity (Wildman–Crippen MR) is 98.9 cm³/mol. The Labute approximate surface area is 162 Å². The van der Waals surface area contributed by atoms with Crippen molar-refractivity contribution in [2.75, 3.05) is 6.61 Å². The molecule has 5 nitrogen and oxygen atoms in total. The van der Waals surface area contributed by atoms with Crippen LogP contribution in [0.4, 0.5) is 19.4 Å². The summed E-state index contributed by atoms with van der Waals surface area (Å²) in [6.07, 6.45) is 2.93. The monoisotopic (exact) mass is 435 g/mol. The lowest BCUT2D eigenvalue weighted by Crippen LogP contribution is -2.11. The fourth-order valence-corrected chi connectivity index (χ4v) is 4.11. The van der Waals surface area contributed by atoms with E-state index >= 15 is 0 Å². The minimum absolute atomic E-state index is 0.0940. The van der Waals surface area contributed by atoms with E-state index in [1.54, 1.807) is 6.07 Å². The molecule has 29 heavy (non-hydrogen) atoms. The van der Waals surface area contributed by atoms with Gasteiger partial charge in [-0.1, -0.05) is 25.8 Å². The highest BCUT2D eigenvalue weighted by Crippen LogP contribution is 3.02. The number of halogens is 5. The van der Waals surface area contributed by atoms with Gasteiger partial charge in [-0.3, -0.25) is 0 Å². The van der Waals surface area contributed by atoms with E-state index in [1.165, 1.54) is 10.9 Å². The number of hydrogen-bond donors (Lipinski definition) is 2. The first-order chi connectivity index (χ1) is 13.4. The lowest BCUT2D eigenvalue weighted by atomic mass is 9.81. The van der Waals surface area contributed by atoms with Gasteiger partial charge < -0.3 is 10.2 Å². The molecule has 0 radical (unpaired) electrons. The first kappa shape index (κ1) is 20.0. The molecule has 0 spiro atoms. The van der Waals surface area contributed by atoms with Crippen LogP contribution in [0.2, 0.25) is 0 Å². The van der Waals surface area contributed by atoms with Crippen LogP contribution in [0.5, 0.6) is 0 Å². The molecule has 3 aromatic rings. The highest BCUT2D eigenvalue weighted by atomic mass is 32.5. The van der Waals surface area contributed by atoms with Crippen molar-refractivity contribution >= 4 is 21.3 Å². The largest absolute Gasteiger partial charge is 0.393 e. The predicted octanol–water partition coefficient (Wildman–Crippen LogP) is 5.37. The van der Waals surface area contributed by atoms with Gasteiger partial charge in [0.25, 0.3) is 0 Å². The molecule has 1 aliphatic carbocycles. The molecule has 0 bridgehead atoms. The molecule has 2 aromatic heterocycles. The molecule has 158 valence electrons. The second kappa shape index (κ2) is 5.89. The summed E-state index contributed by atoms with van der Waals surface area (Å²) < 4.78 is 66.2. The van der Waals surface area contributed by atoms with Gasteiger partial charge in [0.05, 0.1) is 18.0 Å². The number of hydrogen-bond acceptors (Lipinski definition) is 4. The summed E-state index contributed by atoms with van der Waals surface area (Å²) in [7, 11) is -9.77. The number of benzene rings is 1. The highest BCUT2D eigenvalue weighted by Gasteiger charge is 2.65. The Morgan fingerprint density at radius 1 is 1.07 bits per heavy atom. The summed E-state index contributed by atoms with van der Waals surface area (Å²) >= 11 is 0. The quantitative estimate of drug-likeness (QED) is 0.529. The van der Waals surface area contributed by atoms with Crippen molar-refractivity contribution in [3.05, 3.63) is 47.8 Å². The molecule has 2 heterocycles. The molecule has 2 N–H and O–H groups in total. The SMILES string of the molecule is OCC(O)c1ccnc2c1c(C1CCC1)nn2-c1ccc(S(F)(F)(F)(F)F)cc1. The first-order valence-electron chi connectivity index (χ1n) is 8.90. The minimum Gasteiger partial charge on any atom is -0.393 e. The molecule has 1 fully saturated rings. The van der Waals surface area contributed by atoms with Crippen molar-refractivity contribution < 1.29 is 29.6 Å². The maximum Gasteiger partial charge on any atom is 0.310 e. The number of pyridine rings is 1. The highest BCUT2D eigenvalue weighted by molar-refractivity contribution is 8.45. The topological polar surface area (TPSA) is 71.2 Å². The molecular weight excluding hydrogens is 417 g/mol. The van der Waals surface area contributed by atoms with Crippen molar-refractivity contribution in [1.82, 2.24) is 14.8 Å². The van der Waals surface area contributed by atoms with E-state index < -0.39 is 27.8 Å². The minimum atomic E-state index is -9.77. The fraction of sp³-hybridized carbons (Fsp3) is 0.333. The van der Waals surface area contributed by atoms with Gasteiger partial charge in [-0.05, 0) is 48.7 Å². The zero-order valence-electron chi connectivity index (χ0n) is 15.0. The van der Waals surface area contributed by atoms with Crippen molar-refractivity contribution in [2.24, 2.45) is 0 Å². The summed E-state index contributed by atoms with van der Waals surface area (Å²) in [5.74, 6) is 0.0940. The van der Waals surface area contributed by atoms with Crippen LogP contribution in [0.25, 0.3) is 16.7 Å². The summed E-state index contributed by atoms with van der Waals surface area (Å²) in [6.45, 7) is -0.521. The maximum absolute atomic E-state index is 13.0. The van der Waals surface area contributed by atoms with Crippen LogP contribution in [0.1, 0.15) is 42.5 Å². The van der Waals surface area contributed by atoms with E-state index in [0.29, 0.717) is 28.8 Å². The number of aromatic nitrogens is 3. The van der Waals surface area contributed by atoms with Crippen LogP contribution in [-0.2, 0) is 0 Å². The Kier molecular flexibility index (Phi) is 4.08. The van der Waals surface area contributed by atoms with Gasteiger partial charge in [0.15, 0.2) is 5.65 Å². The molecular formula is C18H18F5N3O2S. The second-order valence-corrected chi connectivity index (χ2v) is 9.59. The van der Waals surface area contributed by atoms with Crippen LogP contribution < -0.4 is 0 Å². The van der Waals surface area contributed by atoms with E-state index in [1.807, 2.05) is 0 Å². The van der Waals surface area contributed by atoms with Gasteiger partial charge in [0, 0.05) is 17.5 Å². The number of aliphatic hydroxyl groups excluding tert-OH is 2. The van der Waals surface area contributed by atoms with Gasteiger partial charge in [0.2, 0.25) is 0 Å². The number of aliphatic hydroxyl groups is 2. The molecule has 0 aliphatic heterocycles. The van der Waals surface area contributed by atoms with Crippen LogP contribution in [0, 0.1) is 0 Å². The molecule has 1 aliphatic rings. The third kappa shape index (κ3) is 3.58. The van der Waals surface area contributed by atoms with Crippen molar-refractivity contribution in [3.63, 3.8) is 0 Å². The van der Waals surface area contributed by atoms with E-state index in [2.05, 4.69) is 10.1 Å². The van der Waals surface area contributed by atoms with E-state index in [9.17, 15) is 29.6 Å². The van der Waals surface area contributed by atoms with Gasteiger partial charge in [-0.15, -0.1) is 0 Å². The molecule has 1 saturated carbocycles. The number of nitrogens with zero attached hydrogens (tertiary/aromatic N) is 3. The van der Waals surface area contributed by atoms with Crippen molar-refractivity contribution in [1.29, 1.82) is 0 Å². The van der Waals surface area contributed by atoms with Crippen LogP contribution in [0.3, 0.4) is 0 Å². The lowest BCUT2D eigenvalue weighted by molar-refractivity contribution is 0.0966. The Balaban J connectivity index is 1.89. The Morgan fingerprint density at radius 3 is 2.24 bits per heavy atom. The average Bonchev–Trinajstić information content (AvgIpc) is 2.97. The van der Waals surface area contributed by atoms with E-state index in [-0.39, 0.29) is 17.3 Å². The zero-order valence-corrected chi connectivity index (χ0v) is 15.8. The first-order valence-corrected chi connectivity index (χ1v) is 10.8. The zero-order chi connectivity index (χ0) is 21.1. The second-order valence-electron chi connectivity index (χ2n) is 7.18. The van der Waals surface area contributed by atoms with Crippen LogP contribution >= 0.6 is 10.2 Å². The number of fused-ring (bicyclic) bond motifs is 1. The van der Waals surface area contributed by atoms with Gasteiger partial charge in [-0.2, -0.15) is 5.10 Å². The van der Waals surface area contributed by atoms with Crippen molar-refractivity contribution in [2.45, 2.75) is 36.2 Å².